The molecule has 8 heteroatoms. The lowest BCUT2D eigenvalue weighted by molar-refractivity contribution is -0.116. The number of amides is 2. The lowest BCUT2D eigenvalue weighted by Crippen LogP contribution is -2.38. The van der Waals surface area contributed by atoms with E-state index >= 15 is 0 Å². The summed E-state index contributed by atoms with van der Waals surface area (Å²) < 4.78 is 20.1. The standard InChI is InChI=1S/C24H21FN4O3/c1-2-28(24(31)21-9-6-14-32-21)16-23(30)26-22-15-20(17-7-4-3-5-8-17)27-29(22)19-12-10-18(25)11-13-19/h3-15H,2,16H2,1H3,(H,26,30). The van der Waals surface area contributed by atoms with Gasteiger partial charge in [-0.05, 0) is 43.3 Å². The highest BCUT2D eigenvalue weighted by atomic mass is 19.1. The zero-order chi connectivity index (χ0) is 22.5. The number of hydrogen-bond acceptors (Lipinski definition) is 4. The van der Waals surface area contributed by atoms with E-state index in [-0.39, 0.29) is 24.0 Å². The number of rotatable bonds is 7. The van der Waals surface area contributed by atoms with Gasteiger partial charge in [-0.2, -0.15) is 5.10 Å². The van der Waals surface area contributed by atoms with E-state index in [0.29, 0.717) is 23.7 Å². The summed E-state index contributed by atoms with van der Waals surface area (Å²) in [6, 6.07) is 20.2. The summed E-state index contributed by atoms with van der Waals surface area (Å²) in [5.41, 5.74) is 2.10. The normalized spacial score (nSPS) is 10.7. The molecule has 0 atom stereocenters. The molecule has 0 aliphatic heterocycles. The van der Waals surface area contributed by atoms with E-state index in [1.807, 2.05) is 30.3 Å². The molecule has 7 nitrogen and oxygen atoms in total. The Balaban J connectivity index is 1.60. The molecule has 0 aliphatic carbocycles. The number of anilines is 1. The first-order valence-corrected chi connectivity index (χ1v) is 10.1. The first-order chi connectivity index (χ1) is 15.5. The molecular formula is C24H21FN4O3. The predicted octanol–water partition coefficient (Wildman–Crippen LogP) is 4.37. The van der Waals surface area contributed by atoms with Gasteiger partial charge in [0, 0.05) is 18.2 Å². The molecule has 0 saturated carbocycles. The van der Waals surface area contributed by atoms with Crippen molar-refractivity contribution in [2.24, 2.45) is 0 Å². The lowest BCUT2D eigenvalue weighted by atomic mass is 10.1. The van der Waals surface area contributed by atoms with Crippen molar-refractivity contribution in [2.45, 2.75) is 6.92 Å². The van der Waals surface area contributed by atoms with Crippen LogP contribution in [0.1, 0.15) is 17.5 Å². The molecule has 0 saturated heterocycles. The molecule has 0 fully saturated rings. The average Bonchev–Trinajstić information content (AvgIpc) is 3.49. The largest absolute Gasteiger partial charge is 0.459 e. The van der Waals surface area contributed by atoms with Crippen LogP contribution < -0.4 is 5.32 Å². The highest BCUT2D eigenvalue weighted by Crippen LogP contribution is 2.25. The van der Waals surface area contributed by atoms with Crippen LogP contribution in [0.25, 0.3) is 16.9 Å². The highest BCUT2D eigenvalue weighted by Gasteiger charge is 2.21. The highest BCUT2D eigenvalue weighted by molar-refractivity contribution is 5.98. The minimum Gasteiger partial charge on any atom is -0.459 e. The van der Waals surface area contributed by atoms with Gasteiger partial charge < -0.3 is 14.6 Å². The molecule has 0 bridgehead atoms. The zero-order valence-electron chi connectivity index (χ0n) is 17.4. The van der Waals surface area contributed by atoms with E-state index in [0.717, 1.165) is 5.56 Å². The summed E-state index contributed by atoms with van der Waals surface area (Å²) in [5.74, 6) is -0.562. The van der Waals surface area contributed by atoms with Crippen LogP contribution in [0.2, 0.25) is 0 Å². The topological polar surface area (TPSA) is 80.4 Å². The van der Waals surface area contributed by atoms with Crippen LogP contribution in [0.5, 0.6) is 0 Å². The molecule has 4 aromatic rings. The Morgan fingerprint density at radius 2 is 1.81 bits per heavy atom. The lowest BCUT2D eigenvalue weighted by Gasteiger charge is -2.19. The number of furan rings is 1. The first kappa shape index (κ1) is 21.0. The van der Waals surface area contributed by atoms with Crippen LogP contribution in [-0.2, 0) is 4.79 Å². The van der Waals surface area contributed by atoms with Gasteiger partial charge >= 0.3 is 0 Å². The van der Waals surface area contributed by atoms with Gasteiger partial charge in [-0.15, -0.1) is 0 Å². The molecule has 1 N–H and O–H groups in total. The molecule has 162 valence electrons. The fraction of sp³-hybridized carbons (Fsp3) is 0.125. The van der Waals surface area contributed by atoms with E-state index in [1.165, 1.54) is 28.0 Å². The Kier molecular flexibility index (Phi) is 6.12. The van der Waals surface area contributed by atoms with Gasteiger partial charge in [0.1, 0.15) is 18.2 Å². The summed E-state index contributed by atoms with van der Waals surface area (Å²) in [5, 5.41) is 7.41. The van der Waals surface area contributed by atoms with Crippen LogP contribution in [0.3, 0.4) is 0 Å². The van der Waals surface area contributed by atoms with Crippen LogP contribution in [0, 0.1) is 5.82 Å². The van der Waals surface area contributed by atoms with Crippen molar-refractivity contribution in [3.8, 4) is 16.9 Å². The molecule has 2 aromatic heterocycles. The Hall–Kier alpha value is -4.20. The molecule has 32 heavy (non-hydrogen) atoms. The maximum atomic E-state index is 13.4. The van der Waals surface area contributed by atoms with E-state index in [2.05, 4.69) is 10.4 Å². The number of nitrogens with one attached hydrogen (secondary N) is 1. The fourth-order valence-corrected chi connectivity index (χ4v) is 3.24. The first-order valence-electron chi connectivity index (χ1n) is 10.1. The van der Waals surface area contributed by atoms with Crippen LogP contribution in [-0.4, -0.2) is 39.6 Å². The van der Waals surface area contributed by atoms with Gasteiger partial charge in [0.25, 0.3) is 5.91 Å². The van der Waals surface area contributed by atoms with Gasteiger partial charge in [0.15, 0.2) is 5.76 Å². The maximum Gasteiger partial charge on any atom is 0.290 e. The molecule has 0 aliphatic rings. The number of hydrogen-bond donors (Lipinski definition) is 1. The summed E-state index contributed by atoms with van der Waals surface area (Å²) in [7, 11) is 0. The summed E-state index contributed by atoms with van der Waals surface area (Å²) in [6.07, 6.45) is 1.41. The number of carbonyl (C=O) groups excluding carboxylic acids is 2. The van der Waals surface area contributed by atoms with Crippen LogP contribution in [0.15, 0.2) is 83.5 Å². The Morgan fingerprint density at radius 1 is 1.06 bits per heavy atom. The SMILES string of the molecule is CCN(CC(=O)Nc1cc(-c2ccccc2)nn1-c1ccc(F)cc1)C(=O)c1ccco1. The third-order valence-electron chi connectivity index (χ3n) is 4.85. The number of benzene rings is 2. The minimum absolute atomic E-state index is 0.161. The summed E-state index contributed by atoms with van der Waals surface area (Å²) >= 11 is 0. The molecule has 0 radical (unpaired) electrons. The Labute approximate surface area is 184 Å². The number of likely N-dealkylation sites (N-methyl/N-ethyl adjacent to an activating group) is 1. The second kappa shape index (κ2) is 9.30. The number of carbonyl (C=O) groups is 2. The Bertz CT molecular complexity index is 1200. The van der Waals surface area contributed by atoms with E-state index in [1.54, 1.807) is 37.3 Å². The monoisotopic (exact) mass is 432 g/mol. The van der Waals surface area contributed by atoms with Gasteiger partial charge in [0.2, 0.25) is 5.91 Å². The average molecular weight is 432 g/mol. The minimum atomic E-state index is -0.394. The maximum absolute atomic E-state index is 13.4. The third-order valence-corrected chi connectivity index (χ3v) is 4.85. The number of aromatic nitrogens is 2. The second-order valence-electron chi connectivity index (χ2n) is 7.01. The number of halogens is 1. The smallest absolute Gasteiger partial charge is 0.290 e. The second-order valence-corrected chi connectivity index (χ2v) is 7.01. The molecule has 0 spiro atoms. The van der Waals surface area contributed by atoms with Crippen LogP contribution in [0.4, 0.5) is 10.2 Å². The van der Waals surface area contributed by atoms with Crippen molar-refractivity contribution in [2.75, 3.05) is 18.4 Å². The summed E-state index contributed by atoms with van der Waals surface area (Å²) in [6.45, 7) is 1.95. The third kappa shape index (κ3) is 4.59. The quantitative estimate of drug-likeness (QED) is 0.470. The molecule has 2 amide bonds. The molecular weight excluding hydrogens is 411 g/mol. The zero-order valence-corrected chi connectivity index (χ0v) is 17.4. The fourth-order valence-electron chi connectivity index (χ4n) is 3.24. The molecule has 2 heterocycles. The van der Waals surface area contributed by atoms with E-state index in [9.17, 15) is 14.0 Å². The molecule has 4 rings (SSSR count). The number of nitrogens with zero attached hydrogens (tertiary/aromatic N) is 3. The molecule has 0 unspecified atom stereocenters. The van der Waals surface area contributed by atoms with Crippen molar-refractivity contribution in [1.82, 2.24) is 14.7 Å². The van der Waals surface area contributed by atoms with Crippen molar-refractivity contribution in [3.05, 3.63) is 90.6 Å². The predicted molar refractivity (Wildman–Crippen MR) is 118 cm³/mol. The molecule has 2 aromatic carbocycles. The van der Waals surface area contributed by atoms with Crippen molar-refractivity contribution in [3.63, 3.8) is 0 Å². The van der Waals surface area contributed by atoms with E-state index in [4.69, 9.17) is 4.42 Å². The van der Waals surface area contributed by atoms with E-state index < -0.39 is 5.91 Å². The Morgan fingerprint density at radius 3 is 2.47 bits per heavy atom. The van der Waals surface area contributed by atoms with Gasteiger partial charge in [0.05, 0.1) is 17.6 Å². The van der Waals surface area contributed by atoms with Gasteiger partial charge in [-0.25, -0.2) is 9.07 Å². The van der Waals surface area contributed by atoms with Crippen molar-refractivity contribution >= 4 is 17.6 Å². The van der Waals surface area contributed by atoms with Gasteiger partial charge in [-0.3, -0.25) is 9.59 Å². The van der Waals surface area contributed by atoms with Crippen molar-refractivity contribution < 1.29 is 18.4 Å². The van der Waals surface area contributed by atoms with Crippen LogP contribution >= 0.6 is 0 Å². The van der Waals surface area contributed by atoms with Gasteiger partial charge in [-0.1, -0.05) is 30.3 Å². The summed E-state index contributed by atoms with van der Waals surface area (Å²) in [4.78, 5) is 26.7. The van der Waals surface area contributed by atoms with Crippen molar-refractivity contribution in [1.29, 1.82) is 0 Å².